The van der Waals surface area contributed by atoms with E-state index in [4.69, 9.17) is 16.0 Å². The summed E-state index contributed by atoms with van der Waals surface area (Å²) in [4.78, 5) is 22.3. The normalized spacial score (nSPS) is 13.2. The first-order valence-corrected chi connectivity index (χ1v) is 8.76. The van der Waals surface area contributed by atoms with Crippen LogP contribution in [0.1, 0.15) is 33.0 Å². The highest BCUT2D eigenvalue weighted by molar-refractivity contribution is 6.33. The Morgan fingerprint density at radius 2 is 2.04 bits per heavy atom. The SMILES string of the molecule is CCC(C)NC(=O)C(C)NCc1ccc(-c2ccc([N+](=O)[O-])cc2Cl)o1. The summed E-state index contributed by atoms with van der Waals surface area (Å²) in [7, 11) is 0. The largest absolute Gasteiger partial charge is 0.460 e. The van der Waals surface area contributed by atoms with Gasteiger partial charge in [0.1, 0.15) is 11.5 Å². The Hall–Kier alpha value is -2.38. The zero-order valence-electron chi connectivity index (χ0n) is 14.9. The van der Waals surface area contributed by atoms with Gasteiger partial charge in [-0.2, -0.15) is 0 Å². The van der Waals surface area contributed by atoms with E-state index in [2.05, 4.69) is 10.6 Å². The second-order valence-electron chi connectivity index (χ2n) is 6.11. The van der Waals surface area contributed by atoms with Gasteiger partial charge in [0.25, 0.3) is 5.69 Å². The number of non-ortho nitro benzene ring substituents is 1. The van der Waals surface area contributed by atoms with E-state index in [-0.39, 0.29) is 28.7 Å². The van der Waals surface area contributed by atoms with Gasteiger partial charge in [-0.05, 0) is 38.5 Å². The first-order chi connectivity index (χ1) is 12.3. The molecule has 2 rings (SSSR count). The van der Waals surface area contributed by atoms with Crippen molar-refractivity contribution in [1.29, 1.82) is 0 Å². The van der Waals surface area contributed by atoms with E-state index < -0.39 is 4.92 Å². The number of hydrogen-bond donors (Lipinski definition) is 2. The molecule has 2 aromatic rings. The number of nitrogens with one attached hydrogen (secondary N) is 2. The van der Waals surface area contributed by atoms with Gasteiger partial charge >= 0.3 is 0 Å². The molecule has 0 spiro atoms. The van der Waals surface area contributed by atoms with Gasteiger partial charge in [-0.1, -0.05) is 18.5 Å². The summed E-state index contributed by atoms with van der Waals surface area (Å²) in [5.41, 5.74) is 0.499. The maximum Gasteiger partial charge on any atom is 0.270 e. The molecule has 1 aromatic heterocycles. The van der Waals surface area contributed by atoms with Crippen LogP contribution < -0.4 is 10.6 Å². The molecular weight excluding hydrogens is 358 g/mol. The van der Waals surface area contributed by atoms with E-state index in [0.717, 1.165) is 6.42 Å². The van der Waals surface area contributed by atoms with Crippen molar-refractivity contribution in [1.82, 2.24) is 10.6 Å². The number of rotatable bonds is 8. The molecule has 0 bridgehead atoms. The van der Waals surface area contributed by atoms with Crippen LogP contribution in [0.15, 0.2) is 34.7 Å². The number of amides is 1. The van der Waals surface area contributed by atoms with Crippen LogP contribution >= 0.6 is 11.6 Å². The maximum atomic E-state index is 12.0. The smallest absolute Gasteiger partial charge is 0.270 e. The third-order valence-electron chi connectivity index (χ3n) is 4.07. The Balaban J connectivity index is 2.00. The lowest BCUT2D eigenvalue weighted by Gasteiger charge is -2.16. The van der Waals surface area contributed by atoms with Gasteiger partial charge in [0, 0.05) is 23.7 Å². The molecular formula is C18H22ClN3O4. The van der Waals surface area contributed by atoms with Gasteiger partial charge in [0.2, 0.25) is 5.91 Å². The van der Waals surface area contributed by atoms with E-state index in [9.17, 15) is 14.9 Å². The quantitative estimate of drug-likeness (QED) is 0.535. The number of nitrogens with zero attached hydrogens (tertiary/aromatic N) is 1. The second-order valence-corrected chi connectivity index (χ2v) is 6.51. The van der Waals surface area contributed by atoms with Crippen LogP contribution in [0.2, 0.25) is 5.02 Å². The number of furan rings is 1. The van der Waals surface area contributed by atoms with Crippen molar-refractivity contribution < 1.29 is 14.1 Å². The molecule has 0 saturated heterocycles. The predicted octanol–water partition coefficient (Wildman–Crippen LogP) is 3.90. The minimum Gasteiger partial charge on any atom is -0.460 e. The molecule has 1 heterocycles. The van der Waals surface area contributed by atoms with Gasteiger partial charge in [0.05, 0.1) is 22.5 Å². The molecule has 0 aliphatic rings. The van der Waals surface area contributed by atoms with Crippen LogP contribution in [-0.2, 0) is 11.3 Å². The van der Waals surface area contributed by atoms with Crippen LogP contribution in [0.5, 0.6) is 0 Å². The number of nitro benzene ring substituents is 1. The molecule has 2 atom stereocenters. The number of hydrogen-bond acceptors (Lipinski definition) is 5. The Kier molecular flexibility index (Phi) is 6.76. The van der Waals surface area contributed by atoms with Gasteiger partial charge in [0.15, 0.2) is 0 Å². The minimum absolute atomic E-state index is 0.0652. The van der Waals surface area contributed by atoms with Crippen molar-refractivity contribution in [2.24, 2.45) is 0 Å². The number of halogens is 1. The Morgan fingerprint density at radius 3 is 2.65 bits per heavy atom. The molecule has 1 amide bonds. The molecule has 0 fully saturated rings. The third kappa shape index (κ3) is 5.06. The molecule has 2 N–H and O–H groups in total. The minimum atomic E-state index is -0.501. The second kappa shape index (κ2) is 8.82. The molecule has 0 aliphatic heterocycles. The Labute approximate surface area is 156 Å². The zero-order valence-corrected chi connectivity index (χ0v) is 15.7. The summed E-state index contributed by atoms with van der Waals surface area (Å²) in [6.07, 6.45) is 0.871. The van der Waals surface area contributed by atoms with Crippen molar-refractivity contribution in [2.75, 3.05) is 0 Å². The predicted molar refractivity (Wildman–Crippen MR) is 100 cm³/mol. The molecule has 0 radical (unpaired) electrons. The van der Waals surface area contributed by atoms with Crippen molar-refractivity contribution in [2.45, 2.75) is 45.8 Å². The Morgan fingerprint density at radius 1 is 1.31 bits per heavy atom. The fourth-order valence-corrected chi connectivity index (χ4v) is 2.52. The number of benzene rings is 1. The zero-order chi connectivity index (χ0) is 19.3. The highest BCUT2D eigenvalue weighted by atomic mass is 35.5. The standard InChI is InChI=1S/C18H22ClN3O4/c1-4-11(2)21-18(23)12(3)20-10-14-6-8-17(26-14)15-7-5-13(22(24)25)9-16(15)19/h5-9,11-12,20H,4,10H2,1-3H3,(H,21,23). The van der Waals surface area contributed by atoms with E-state index in [1.165, 1.54) is 12.1 Å². The summed E-state index contributed by atoms with van der Waals surface area (Å²) in [5.74, 6) is 1.08. The number of nitro groups is 1. The van der Waals surface area contributed by atoms with Gasteiger partial charge in [-0.3, -0.25) is 20.2 Å². The highest BCUT2D eigenvalue weighted by Crippen LogP contribution is 2.32. The van der Waals surface area contributed by atoms with E-state index in [0.29, 0.717) is 23.6 Å². The average molecular weight is 380 g/mol. The number of carbonyl (C=O) groups is 1. The van der Waals surface area contributed by atoms with Crippen molar-refractivity contribution in [3.63, 3.8) is 0 Å². The van der Waals surface area contributed by atoms with E-state index >= 15 is 0 Å². The molecule has 0 aliphatic carbocycles. The first-order valence-electron chi connectivity index (χ1n) is 8.38. The molecule has 2 unspecified atom stereocenters. The lowest BCUT2D eigenvalue weighted by molar-refractivity contribution is -0.384. The van der Waals surface area contributed by atoms with E-state index in [1.54, 1.807) is 25.1 Å². The van der Waals surface area contributed by atoms with E-state index in [1.807, 2.05) is 13.8 Å². The first kappa shape index (κ1) is 19.9. The van der Waals surface area contributed by atoms with Crippen molar-refractivity contribution in [3.8, 4) is 11.3 Å². The van der Waals surface area contributed by atoms with Crippen LogP contribution in [0.25, 0.3) is 11.3 Å². The summed E-state index contributed by atoms with van der Waals surface area (Å²) in [5, 5.41) is 17.0. The monoisotopic (exact) mass is 379 g/mol. The topological polar surface area (TPSA) is 97.4 Å². The molecule has 7 nitrogen and oxygen atoms in total. The molecule has 1 aromatic carbocycles. The van der Waals surface area contributed by atoms with Crippen LogP contribution in [0.4, 0.5) is 5.69 Å². The van der Waals surface area contributed by atoms with Gasteiger partial charge < -0.3 is 9.73 Å². The lowest BCUT2D eigenvalue weighted by atomic mass is 10.1. The third-order valence-corrected chi connectivity index (χ3v) is 4.38. The van der Waals surface area contributed by atoms with Crippen LogP contribution in [0.3, 0.4) is 0 Å². The summed E-state index contributed by atoms with van der Waals surface area (Å²) in [6, 6.07) is 7.51. The highest BCUT2D eigenvalue weighted by Gasteiger charge is 2.16. The van der Waals surface area contributed by atoms with Crippen molar-refractivity contribution in [3.05, 3.63) is 51.2 Å². The molecule has 0 saturated carbocycles. The molecule has 26 heavy (non-hydrogen) atoms. The lowest BCUT2D eigenvalue weighted by Crippen LogP contribution is -2.44. The van der Waals surface area contributed by atoms with Gasteiger partial charge in [-0.25, -0.2) is 0 Å². The fraction of sp³-hybridized carbons (Fsp3) is 0.389. The van der Waals surface area contributed by atoms with Crippen molar-refractivity contribution >= 4 is 23.2 Å². The van der Waals surface area contributed by atoms with Crippen LogP contribution in [0, 0.1) is 10.1 Å². The summed E-state index contributed by atoms with van der Waals surface area (Å²) in [6.45, 7) is 6.13. The average Bonchev–Trinajstić information content (AvgIpc) is 3.07. The maximum absolute atomic E-state index is 12.0. The van der Waals surface area contributed by atoms with Gasteiger partial charge in [-0.15, -0.1) is 0 Å². The fourth-order valence-electron chi connectivity index (χ4n) is 2.25. The summed E-state index contributed by atoms with van der Waals surface area (Å²) < 4.78 is 5.73. The molecule has 8 heteroatoms. The molecule has 140 valence electrons. The summed E-state index contributed by atoms with van der Waals surface area (Å²) >= 11 is 6.12. The number of carbonyl (C=O) groups excluding carboxylic acids is 1. The Bertz CT molecular complexity index is 790. The van der Waals surface area contributed by atoms with Crippen LogP contribution in [-0.4, -0.2) is 22.9 Å².